The van der Waals surface area contributed by atoms with Crippen LogP contribution in [0.15, 0.2) is 52.9 Å². The average molecular weight is 479 g/mol. The maximum Gasteiger partial charge on any atom is 0.263 e. The Bertz CT molecular complexity index is 1150. The number of sulfonamides is 1. The minimum Gasteiger partial charge on any atom is -0.497 e. The highest BCUT2D eigenvalue weighted by atomic mass is 32.2. The van der Waals surface area contributed by atoms with Gasteiger partial charge in [-0.2, -0.15) is 21.2 Å². The third-order valence-corrected chi connectivity index (χ3v) is 8.76. The first kappa shape index (κ1) is 21.9. The van der Waals surface area contributed by atoms with Crippen molar-refractivity contribution in [3.63, 3.8) is 0 Å². The number of carbonyl (C=O) groups is 1. The number of thioether (sulfide) groups is 1. The molecule has 2 aromatic heterocycles. The summed E-state index contributed by atoms with van der Waals surface area (Å²) in [4.78, 5) is 13.0. The van der Waals surface area contributed by atoms with Crippen LogP contribution in [0, 0.1) is 0 Å². The molecule has 0 unspecified atom stereocenters. The van der Waals surface area contributed by atoms with E-state index in [4.69, 9.17) is 4.74 Å². The lowest BCUT2D eigenvalue weighted by atomic mass is 10.3. The largest absolute Gasteiger partial charge is 0.497 e. The summed E-state index contributed by atoms with van der Waals surface area (Å²) in [5, 5.41) is 8.90. The van der Waals surface area contributed by atoms with Crippen molar-refractivity contribution in [2.24, 2.45) is 0 Å². The number of benzene rings is 1. The molecule has 8 nitrogen and oxygen atoms in total. The average Bonchev–Trinajstić information content (AvgIpc) is 3.48. The van der Waals surface area contributed by atoms with Crippen LogP contribution in [-0.4, -0.2) is 60.1 Å². The molecule has 0 bridgehead atoms. The molecule has 3 aromatic rings. The van der Waals surface area contributed by atoms with Crippen molar-refractivity contribution in [3.05, 3.63) is 58.5 Å². The molecular weight excluding hydrogens is 456 g/mol. The van der Waals surface area contributed by atoms with Gasteiger partial charge in [0.25, 0.3) is 5.91 Å². The number of hydrogen-bond donors (Lipinski definition) is 1. The first-order chi connectivity index (χ1) is 15.0. The summed E-state index contributed by atoms with van der Waals surface area (Å²) in [6, 6.07) is 10.8. The fourth-order valence-electron chi connectivity index (χ4n) is 3.18. The van der Waals surface area contributed by atoms with E-state index in [2.05, 4.69) is 10.4 Å². The molecule has 1 aromatic carbocycles. The summed E-state index contributed by atoms with van der Waals surface area (Å²) in [5.74, 6) is 1.87. The molecule has 164 valence electrons. The Morgan fingerprint density at radius 3 is 2.61 bits per heavy atom. The van der Waals surface area contributed by atoms with E-state index in [1.54, 1.807) is 35.1 Å². The van der Waals surface area contributed by atoms with E-state index >= 15 is 0 Å². The van der Waals surface area contributed by atoms with E-state index in [0.717, 1.165) is 34.3 Å². The van der Waals surface area contributed by atoms with Gasteiger partial charge in [0, 0.05) is 30.8 Å². The number of nitrogens with one attached hydrogen (secondary N) is 1. The number of aromatic nitrogens is 2. The fourth-order valence-corrected chi connectivity index (χ4v) is 7.07. The number of hydrogen-bond acceptors (Lipinski definition) is 7. The van der Waals surface area contributed by atoms with Crippen LogP contribution >= 0.6 is 23.1 Å². The van der Waals surface area contributed by atoms with E-state index in [9.17, 15) is 13.2 Å². The summed E-state index contributed by atoms with van der Waals surface area (Å²) in [6.07, 6.45) is 1.80. The van der Waals surface area contributed by atoms with Crippen molar-refractivity contribution in [1.82, 2.24) is 19.4 Å². The molecule has 1 fully saturated rings. The molecule has 0 saturated carbocycles. The normalized spacial score (nSPS) is 15.0. The summed E-state index contributed by atoms with van der Waals surface area (Å²) in [7, 11) is -2.06. The number of carbonyl (C=O) groups excluding carboxylic acids is 1. The van der Waals surface area contributed by atoms with Crippen molar-refractivity contribution < 1.29 is 17.9 Å². The molecule has 0 aliphatic carbocycles. The number of ether oxygens (including phenoxy) is 1. The molecule has 1 aliphatic rings. The maximum atomic E-state index is 13.0. The van der Waals surface area contributed by atoms with Crippen LogP contribution in [0.1, 0.15) is 15.4 Å². The molecule has 31 heavy (non-hydrogen) atoms. The third-order valence-electron chi connectivity index (χ3n) is 4.83. The maximum absolute atomic E-state index is 13.0. The summed E-state index contributed by atoms with van der Waals surface area (Å²) < 4.78 is 34.3. The van der Waals surface area contributed by atoms with Gasteiger partial charge in [0.2, 0.25) is 10.0 Å². The first-order valence-electron chi connectivity index (χ1n) is 9.61. The standard InChI is InChI=1S/C20H22N4O4S3/c1-28-17-4-2-16(3-5-17)24-8-6-15(22-24)14-21-20(25)19-18(7-11-30-19)31(26,27)23-9-12-29-13-10-23/h2-8,11H,9-10,12-14H2,1H3,(H,21,25). The molecular formula is C20H22N4O4S3. The van der Waals surface area contributed by atoms with E-state index in [1.165, 1.54) is 10.4 Å². The monoisotopic (exact) mass is 478 g/mol. The molecule has 11 heteroatoms. The van der Waals surface area contributed by atoms with Crippen molar-refractivity contribution in [1.29, 1.82) is 0 Å². The Morgan fingerprint density at radius 2 is 1.90 bits per heavy atom. The summed E-state index contributed by atoms with van der Waals surface area (Å²) >= 11 is 2.86. The van der Waals surface area contributed by atoms with Crippen molar-refractivity contribution in [2.75, 3.05) is 31.7 Å². The van der Waals surface area contributed by atoms with E-state index in [1.807, 2.05) is 30.3 Å². The summed E-state index contributed by atoms with van der Waals surface area (Å²) in [6.45, 7) is 1.12. The van der Waals surface area contributed by atoms with Crippen molar-refractivity contribution >= 4 is 39.0 Å². The van der Waals surface area contributed by atoms with E-state index < -0.39 is 15.9 Å². The second kappa shape index (κ2) is 9.43. The van der Waals surface area contributed by atoms with Gasteiger partial charge in [-0.25, -0.2) is 13.1 Å². The Balaban J connectivity index is 1.43. The lowest BCUT2D eigenvalue weighted by molar-refractivity contribution is 0.0951. The zero-order valence-electron chi connectivity index (χ0n) is 16.9. The van der Waals surface area contributed by atoms with Gasteiger partial charge in [-0.15, -0.1) is 11.3 Å². The topological polar surface area (TPSA) is 93.5 Å². The molecule has 4 rings (SSSR count). The van der Waals surface area contributed by atoms with Gasteiger partial charge in [-0.05, 0) is 41.8 Å². The van der Waals surface area contributed by atoms with Gasteiger partial charge in [0.05, 0.1) is 25.0 Å². The number of amides is 1. The Labute approximate surface area is 189 Å². The number of methoxy groups -OCH3 is 1. The quantitative estimate of drug-likeness (QED) is 0.561. The Morgan fingerprint density at radius 1 is 1.16 bits per heavy atom. The lowest BCUT2D eigenvalue weighted by Crippen LogP contribution is -2.38. The van der Waals surface area contributed by atoms with Crippen LogP contribution in [0.25, 0.3) is 5.69 Å². The molecule has 0 radical (unpaired) electrons. The number of nitrogens with zero attached hydrogens (tertiary/aromatic N) is 3. The van der Waals surface area contributed by atoms with E-state index in [-0.39, 0.29) is 16.3 Å². The van der Waals surface area contributed by atoms with Gasteiger partial charge >= 0.3 is 0 Å². The lowest BCUT2D eigenvalue weighted by Gasteiger charge is -2.25. The molecule has 1 saturated heterocycles. The molecule has 0 atom stereocenters. The van der Waals surface area contributed by atoms with Gasteiger partial charge in [-0.3, -0.25) is 4.79 Å². The van der Waals surface area contributed by atoms with Gasteiger partial charge in [-0.1, -0.05) is 0 Å². The minimum atomic E-state index is -3.68. The first-order valence-corrected chi connectivity index (χ1v) is 13.1. The third kappa shape index (κ3) is 4.79. The van der Waals surface area contributed by atoms with Gasteiger partial charge < -0.3 is 10.1 Å². The highest BCUT2D eigenvalue weighted by Crippen LogP contribution is 2.27. The Hall–Kier alpha value is -2.34. The van der Waals surface area contributed by atoms with Gasteiger partial charge in [0.1, 0.15) is 15.5 Å². The smallest absolute Gasteiger partial charge is 0.263 e. The zero-order chi connectivity index (χ0) is 21.8. The highest BCUT2D eigenvalue weighted by Gasteiger charge is 2.31. The second-order valence-electron chi connectivity index (χ2n) is 6.76. The van der Waals surface area contributed by atoms with Crippen LogP contribution in [0.3, 0.4) is 0 Å². The number of thiophene rings is 1. The van der Waals surface area contributed by atoms with Crippen molar-refractivity contribution in [2.45, 2.75) is 11.4 Å². The predicted octanol–water partition coefficient (Wildman–Crippen LogP) is 2.61. The second-order valence-corrected chi connectivity index (χ2v) is 10.8. The molecule has 1 aliphatic heterocycles. The van der Waals surface area contributed by atoms with Crippen LogP contribution < -0.4 is 10.1 Å². The highest BCUT2D eigenvalue weighted by molar-refractivity contribution is 7.99. The molecule has 0 spiro atoms. The molecule has 1 amide bonds. The predicted molar refractivity (Wildman–Crippen MR) is 122 cm³/mol. The van der Waals surface area contributed by atoms with Crippen LogP contribution in [0.5, 0.6) is 5.75 Å². The Kier molecular flexibility index (Phi) is 6.65. The van der Waals surface area contributed by atoms with Crippen LogP contribution in [0.2, 0.25) is 0 Å². The van der Waals surface area contributed by atoms with E-state index in [0.29, 0.717) is 18.8 Å². The summed E-state index contributed by atoms with van der Waals surface area (Å²) in [5.41, 5.74) is 1.53. The van der Waals surface area contributed by atoms with Gasteiger partial charge in [0.15, 0.2) is 0 Å². The van der Waals surface area contributed by atoms with Crippen LogP contribution in [0.4, 0.5) is 0 Å². The van der Waals surface area contributed by atoms with Crippen LogP contribution in [-0.2, 0) is 16.6 Å². The SMILES string of the molecule is COc1ccc(-n2ccc(CNC(=O)c3sccc3S(=O)(=O)N3CCSCC3)n2)cc1. The zero-order valence-corrected chi connectivity index (χ0v) is 19.3. The number of rotatable bonds is 7. The fraction of sp³-hybridized carbons (Fsp3) is 0.300. The minimum absolute atomic E-state index is 0.0747. The molecule has 1 N–H and O–H groups in total. The molecule has 3 heterocycles. The van der Waals surface area contributed by atoms with Crippen molar-refractivity contribution in [3.8, 4) is 11.4 Å².